The molecule has 0 radical (unpaired) electrons. The second-order valence-electron chi connectivity index (χ2n) is 3.42. The van der Waals surface area contributed by atoms with E-state index in [1.165, 1.54) is 0 Å². The van der Waals surface area contributed by atoms with Gasteiger partial charge in [-0.3, -0.25) is 4.79 Å². The van der Waals surface area contributed by atoms with E-state index in [4.69, 9.17) is 11.6 Å². The van der Waals surface area contributed by atoms with Gasteiger partial charge in [0.05, 0.1) is 0 Å². The number of carbonyl (C=O) groups excluding carboxylic acids is 1. The lowest BCUT2D eigenvalue weighted by atomic mass is 10.1. The highest BCUT2D eigenvalue weighted by Gasteiger charge is 2.21. The van der Waals surface area contributed by atoms with E-state index in [1.807, 2.05) is 30.3 Å². The minimum absolute atomic E-state index is 0.261. The van der Waals surface area contributed by atoms with E-state index in [1.54, 1.807) is 13.8 Å². The van der Waals surface area contributed by atoms with Crippen molar-refractivity contribution in [2.45, 2.75) is 18.7 Å². The van der Waals surface area contributed by atoms with Crippen LogP contribution in [-0.2, 0) is 4.79 Å². The van der Waals surface area contributed by atoms with Crippen LogP contribution < -0.4 is 0 Å². The minimum Gasteiger partial charge on any atom is -0.283 e. The normalized spacial score (nSPS) is 10.2. The number of benzene rings is 1. The summed E-state index contributed by atoms with van der Waals surface area (Å²) >= 11 is 5.80. The van der Waals surface area contributed by atoms with Crippen LogP contribution in [0.5, 0.6) is 0 Å². The zero-order chi connectivity index (χ0) is 10.6. The van der Waals surface area contributed by atoms with Gasteiger partial charge in [0, 0.05) is 5.56 Å². The molecule has 1 rings (SSSR count). The summed E-state index contributed by atoms with van der Waals surface area (Å²) in [6, 6.07) is 9.35. The highest BCUT2D eigenvalue weighted by atomic mass is 35.5. The summed E-state index contributed by atoms with van der Waals surface area (Å²) in [6.07, 6.45) is 0. The third-order valence-electron chi connectivity index (χ3n) is 1.63. The Morgan fingerprint density at radius 1 is 1.29 bits per heavy atom. The van der Waals surface area contributed by atoms with Crippen molar-refractivity contribution in [3.8, 4) is 11.8 Å². The molecule has 1 nitrogen and oxygen atoms in total. The first kappa shape index (κ1) is 10.8. The van der Waals surface area contributed by atoms with Crippen LogP contribution in [0.15, 0.2) is 30.3 Å². The Hall–Kier alpha value is -1.26. The number of carbonyl (C=O) groups is 1. The average Bonchev–Trinajstić information content (AvgIpc) is 2.14. The first-order chi connectivity index (χ1) is 6.50. The number of rotatable bonds is 1. The van der Waals surface area contributed by atoms with Crippen molar-refractivity contribution in [3.63, 3.8) is 0 Å². The summed E-state index contributed by atoms with van der Waals surface area (Å²) in [5.74, 6) is 5.02. The van der Waals surface area contributed by atoms with Gasteiger partial charge in [-0.05, 0) is 31.9 Å². The molecule has 0 heterocycles. The van der Waals surface area contributed by atoms with Crippen LogP contribution in [0.25, 0.3) is 0 Å². The molecule has 2 heteroatoms. The second-order valence-corrected chi connectivity index (χ2v) is 4.36. The Labute approximate surface area is 89.1 Å². The molecule has 0 amide bonds. The van der Waals surface area contributed by atoms with E-state index in [9.17, 15) is 4.79 Å². The Balaban J connectivity index is 2.80. The molecule has 0 unspecified atom stereocenters. The van der Waals surface area contributed by atoms with Crippen LogP contribution in [0.2, 0.25) is 0 Å². The molecular weight excluding hydrogens is 196 g/mol. The quantitative estimate of drug-likeness (QED) is 0.510. The molecule has 0 saturated carbocycles. The van der Waals surface area contributed by atoms with Crippen LogP contribution in [0, 0.1) is 11.8 Å². The standard InChI is InChI=1S/C12H11ClO/c1-12(2,13)11(14)9-8-10-6-4-3-5-7-10/h3-7H,1-2H3. The molecule has 0 atom stereocenters. The summed E-state index contributed by atoms with van der Waals surface area (Å²) in [4.78, 5) is 10.4. The van der Waals surface area contributed by atoms with Crippen LogP contribution in [-0.4, -0.2) is 10.7 Å². The zero-order valence-electron chi connectivity index (χ0n) is 8.17. The third kappa shape index (κ3) is 3.24. The molecule has 14 heavy (non-hydrogen) atoms. The van der Waals surface area contributed by atoms with E-state index in [0.717, 1.165) is 5.56 Å². The van der Waals surface area contributed by atoms with Crippen molar-refractivity contribution in [1.29, 1.82) is 0 Å². The fourth-order valence-electron chi connectivity index (χ4n) is 0.799. The van der Waals surface area contributed by atoms with E-state index in [0.29, 0.717) is 0 Å². The van der Waals surface area contributed by atoms with Crippen molar-refractivity contribution >= 4 is 17.4 Å². The fraction of sp³-hybridized carbons (Fsp3) is 0.250. The Bertz CT molecular complexity index is 376. The molecule has 1 aromatic rings. The third-order valence-corrected chi connectivity index (χ3v) is 1.81. The van der Waals surface area contributed by atoms with Gasteiger partial charge >= 0.3 is 0 Å². The number of halogens is 1. The lowest BCUT2D eigenvalue weighted by Gasteiger charge is -2.07. The lowest BCUT2D eigenvalue weighted by Crippen LogP contribution is -2.22. The number of ketones is 1. The van der Waals surface area contributed by atoms with Crippen molar-refractivity contribution in [3.05, 3.63) is 35.9 Å². The summed E-state index contributed by atoms with van der Waals surface area (Å²) in [7, 11) is 0. The maximum atomic E-state index is 11.3. The summed E-state index contributed by atoms with van der Waals surface area (Å²) in [6.45, 7) is 3.27. The summed E-state index contributed by atoms with van der Waals surface area (Å²) < 4.78 is 0. The van der Waals surface area contributed by atoms with Crippen molar-refractivity contribution in [1.82, 2.24) is 0 Å². The lowest BCUT2D eigenvalue weighted by molar-refractivity contribution is -0.115. The number of hydrogen-bond donors (Lipinski definition) is 0. The second kappa shape index (κ2) is 4.30. The molecule has 0 saturated heterocycles. The molecule has 72 valence electrons. The van der Waals surface area contributed by atoms with Gasteiger partial charge in [0.1, 0.15) is 4.87 Å². The Morgan fingerprint density at radius 3 is 2.36 bits per heavy atom. The van der Waals surface area contributed by atoms with Gasteiger partial charge in [-0.25, -0.2) is 0 Å². The van der Waals surface area contributed by atoms with Gasteiger partial charge in [-0.2, -0.15) is 0 Å². The van der Waals surface area contributed by atoms with Crippen molar-refractivity contribution in [2.24, 2.45) is 0 Å². The average molecular weight is 207 g/mol. The molecule has 0 aliphatic carbocycles. The van der Waals surface area contributed by atoms with E-state index in [-0.39, 0.29) is 5.78 Å². The fourth-order valence-corrected chi connectivity index (χ4v) is 0.846. The largest absolute Gasteiger partial charge is 0.283 e. The molecule has 0 aliphatic heterocycles. The Morgan fingerprint density at radius 2 is 1.86 bits per heavy atom. The van der Waals surface area contributed by atoms with Crippen LogP contribution in [0.4, 0.5) is 0 Å². The molecule has 0 spiro atoms. The van der Waals surface area contributed by atoms with E-state index in [2.05, 4.69) is 11.8 Å². The van der Waals surface area contributed by atoms with Gasteiger partial charge in [-0.1, -0.05) is 24.1 Å². The number of Topliss-reactive ketones (excluding diaryl/α,β-unsaturated/α-hetero) is 1. The van der Waals surface area contributed by atoms with E-state index >= 15 is 0 Å². The predicted molar refractivity (Wildman–Crippen MR) is 58.3 cm³/mol. The van der Waals surface area contributed by atoms with Gasteiger partial charge in [0.25, 0.3) is 0 Å². The van der Waals surface area contributed by atoms with E-state index < -0.39 is 4.87 Å². The monoisotopic (exact) mass is 206 g/mol. The molecule has 0 aliphatic rings. The first-order valence-corrected chi connectivity index (χ1v) is 4.68. The highest BCUT2D eigenvalue weighted by molar-refractivity contribution is 6.37. The zero-order valence-corrected chi connectivity index (χ0v) is 8.93. The Kier molecular flexibility index (Phi) is 3.33. The van der Waals surface area contributed by atoms with Gasteiger partial charge < -0.3 is 0 Å². The number of hydrogen-bond acceptors (Lipinski definition) is 1. The van der Waals surface area contributed by atoms with Crippen molar-refractivity contribution < 1.29 is 4.79 Å². The highest BCUT2D eigenvalue weighted by Crippen LogP contribution is 2.12. The maximum absolute atomic E-state index is 11.3. The van der Waals surface area contributed by atoms with Crippen LogP contribution >= 0.6 is 11.6 Å². The van der Waals surface area contributed by atoms with Crippen LogP contribution in [0.3, 0.4) is 0 Å². The SMILES string of the molecule is CC(C)(Cl)C(=O)C#Cc1ccccc1. The summed E-state index contributed by atoms with van der Waals surface area (Å²) in [5, 5.41) is 0. The van der Waals surface area contributed by atoms with Crippen molar-refractivity contribution in [2.75, 3.05) is 0 Å². The topological polar surface area (TPSA) is 17.1 Å². The first-order valence-electron chi connectivity index (χ1n) is 4.30. The number of alkyl halides is 1. The maximum Gasteiger partial charge on any atom is 0.226 e. The smallest absolute Gasteiger partial charge is 0.226 e. The minimum atomic E-state index is -0.901. The molecule has 0 fully saturated rings. The molecular formula is C12H11ClO. The molecule has 1 aromatic carbocycles. The van der Waals surface area contributed by atoms with Crippen LogP contribution in [0.1, 0.15) is 19.4 Å². The van der Waals surface area contributed by atoms with Gasteiger partial charge in [0.2, 0.25) is 5.78 Å². The van der Waals surface area contributed by atoms with Gasteiger partial charge in [0.15, 0.2) is 0 Å². The molecule has 0 N–H and O–H groups in total. The predicted octanol–water partition coefficient (Wildman–Crippen LogP) is 2.62. The van der Waals surface area contributed by atoms with Gasteiger partial charge in [-0.15, -0.1) is 11.6 Å². The molecule has 0 bridgehead atoms. The molecule has 0 aromatic heterocycles. The summed E-state index contributed by atoms with van der Waals surface area (Å²) in [5.41, 5.74) is 0.821.